The molecule has 41 heavy (non-hydrogen) atoms. The first-order valence-corrected chi connectivity index (χ1v) is 14.9. The summed E-state index contributed by atoms with van der Waals surface area (Å²) < 4.78 is 7.36. The van der Waals surface area contributed by atoms with Gasteiger partial charge in [0.25, 0.3) is 5.91 Å². The number of likely N-dealkylation sites (tertiary alicyclic amines) is 1. The number of carbonyl (C=O) groups excluding carboxylic acids is 2. The molecule has 0 radical (unpaired) electrons. The summed E-state index contributed by atoms with van der Waals surface area (Å²) in [7, 11) is 0. The van der Waals surface area contributed by atoms with E-state index in [1.165, 1.54) is 23.8 Å². The van der Waals surface area contributed by atoms with Crippen molar-refractivity contribution in [3.63, 3.8) is 0 Å². The number of aromatic nitrogens is 3. The van der Waals surface area contributed by atoms with Crippen LogP contribution in [0.15, 0.2) is 60.0 Å². The molecule has 4 aromatic rings. The van der Waals surface area contributed by atoms with E-state index in [1.807, 2.05) is 33.7 Å². The molecule has 0 unspecified atom stereocenters. The van der Waals surface area contributed by atoms with Crippen molar-refractivity contribution in [2.24, 2.45) is 0 Å². The zero-order valence-corrected chi connectivity index (χ0v) is 24.0. The van der Waals surface area contributed by atoms with Crippen LogP contribution in [0.4, 0.5) is 5.95 Å². The molecule has 0 saturated carbocycles. The Morgan fingerprint density at radius 3 is 2.95 bits per heavy atom. The summed E-state index contributed by atoms with van der Waals surface area (Å²) in [5.41, 5.74) is 2.66. The highest BCUT2D eigenvalue weighted by Gasteiger charge is 2.29. The summed E-state index contributed by atoms with van der Waals surface area (Å²) in [5, 5.41) is 16.2. The van der Waals surface area contributed by atoms with E-state index in [9.17, 15) is 14.7 Å². The number of oxazole rings is 1. The molecule has 1 aliphatic rings. The van der Waals surface area contributed by atoms with Crippen LogP contribution in [0.2, 0.25) is 0 Å². The minimum Gasteiger partial charge on any atom is -0.443 e. The number of rotatable bonds is 13. The number of anilines is 1. The van der Waals surface area contributed by atoms with E-state index >= 15 is 0 Å². The molecule has 2 amide bonds. The highest BCUT2D eigenvalue weighted by molar-refractivity contribution is 7.17. The second-order valence-corrected chi connectivity index (χ2v) is 11.4. The summed E-state index contributed by atoms with van der Waals surface area (Å²) >= 11 is 1.31. The van der Waals surface area contributed by atoms with E-state index in [1.54, 1.807) is 12.3 Å². The maximum atomic E-state index is 13.3. The highest BCUT2D eigenvalue weighted by Crippen LogP contribution is 2.30. The van der Waals surface area contributed by atoms with E-state index < -0.39 is 0 Å². The van der Waals surface area contributed by atoms with E-state index in [4.69, 9.17) is 9.40 Å². The molecule has 0 aliphatic carbocycles. The van der Waals surface area contributed by atoms with E-state index in [2.05, 4.69) is 29.1 Å². The smallest absolute Gasteiger partial charge is 0.268 e. The molecule has 216 valence electrons. The zero-order chi connectivity index (χ0) is 28.8. The lowest BCUT2D eigenvalue weighted by Crippen LogP contribution is -2.37. The molecule has 3 N–H and O–H groups in total. The van der Waals surface area contributed by atoms with Crippen molar-refractivity contribution in [1.82, 2.24) is 24.8 Å². The Balaban J connectivity index is 1.41. The van der Waals surface area contributed by atoms with Gasteiger partial charge in [0.15, 0.2) is 12.2 Å². The Morgan fingerprint density at radius 2 is 2.20 bits per heavy atom. The van der Waals surface area contributed by atoms with Gasteiger partial charge in [-0.2, -0.15) is 0 Å². The van der Waals surface area contributed by atoms with Gasteiger partial charge >= 0.3 is 0 Å². The molecule has 4 heterocycles. The fourth-order valence-electron chi connectivity index (χ4n) is 5.27. The number of fused-ring (bicyclic) bond motifs is 1. The predicted molar refractivity (Wildman–Crippen MR) is 160 cm³/mol. The Morgan fingerprint density at radius 1 is 1.32 bits per heavy atom. The van der Waals surface area contributed by atoms with Gasteiger partial charge in [0.2, 0.25) is 11.9 Å². The first kappa shape index (κ1) is 28.7. The summed E-state index contributed by atoms with van der Waals surface area (Å²) in [5.74, 6) is 0.676. The topological polar surface area (TPSA) is 126 Å². The van der Waals surface area contributed by atoms with Crippen molar-refractivity contribution in [3.8, 4) is 10.6 Å². The number of nitrogens with one attached hydrogen (secondary N) is 2. The van der Waals surface area contributed by atoms with Gasteiger partial charge in [-0.05, 0) is 55.2 Å². The van der Waals surface area contributed by atoms with Crippen LogP contribution in [0.25, 0.3) is 21.7 Å². The largest absolute Gasteiger partial charge is 0.443 e. The standard InChI is InChI=1S/C30H36N6O4S/c1-3-5-7-21(18-37)32-15-20-9-10-24-23(14-20)33-30(36(24)17-22-8-6-13-35(22)28(38)4-2)34-29(39)27-12-11-26(41-27)25-16-31-19-40-25/h4,9-12,14,16,19,21-22,32,37H,2-3,5-8,13,15,17-18H2,1H3,(H,33,34,39)/t21-,22+/m0/s1. The van der Waals surface area contributed by atoms with Gasteiger partial charge in [-0.15, -0.1) is 11.3 Å². The number of carbonyl (C=O) groups is 2. The monoisotopic (exact) mass is 576 g/mol. The van der Waals surface area contributed by atoms with Gasteiger partial charge in [0, 0.05) is 25.7 Å². The molecular weight excluding hydrogens is 540 g/mol. The Bertz CT molecular complexity index is 1490. The highest BCUT2D eigenvalue weighted by atomic mass is 32.1. The Hall–Kier alpha value is -3.80. The predicted octanol–water partition coefficient (Wildman–Crippen LogP) is 4.82. The van der Waals surface area contributed by atoms with E-state index in [-0.39, 0.29) is 30.5 Å². The first-order chi connectivity index (χ1) is 20.0. The molecular formula is C30H36N6O4S. The number of aliphatic hydroxyl groups is 1. The fourth-order valence-corrected chi connectivity index (χ4v) is 6.13. The number of hydrogen-bond donors (Lipinski definition) is 3. The number of amides is 2. The Kier molecular flexibility index (Phi) is 9.28. The lowest BCUT2D eigenvalue weighted by Gasteiger charge is -2.24. The van der Waals surface area contributed by atoms with Crippen molar-refractivity contribution in [1.29, 1.82) is 0 Å². The van der Waals surface area contributed by atoms with Crippen LogP contribution in [0, 0.1) is 0 Å². The van der Waals surface area contributed by atoms with Crippen LogP contribution >= 0.6 is 11.3 Å². The number of benzene rings is 1. The lowest BCUT2D eigenvalue weighted by atomic mass is 10.1. The third kappa shape index (κ3) is 6.58. The summed E-state index contributed by atoms with van der Waals surface area (Å²) in [4.78, 5) is 37.8. The summed E-state index contributed by atoms with van der Waals surface area (Å²) in [6.07, 6.45) is 9.17. The quantitative estimate of drug-likeness (QED) is 0.195. The molecule has 1 saturated heterocycles. The van der Waals surface area contributed by atoms with Crippen LogP contribution in [-0.2, 0) is 17.9 Å². The van der Waals surface area contributed by atoms with Crippen molar-refractivity contribution < 1.29 is 19.1 Å². The van der Waals surface area contributed by atoms with Crippen molar-refractivity contribution in [2.75, 3.05) is 18.5 Å². The van der Waals surface area contributed by atoms with Gasteiger partial charge in [0.1, 0.15) is 0 Å². The van der Waals surface area contributed by atoms with Crippen LogP contribution in [0.5, 0.6) is 0 Å². The van der Waals surface area contributed by atoms with Crippen molar-refractivity contribution >= 4 is 40.1 Å². The Labute approximate surface area is 243 Å². The molecule has 1 aliphatic heterocycles. The number of imidazole rings is 1. The molecule has 0 spiro atoms. The normalized spacial score (nSPS) is 15.9. The van der Waals surface area contributed by atoms with Gasteiger partial charge < -0.3 is 24.3 Å². The first-order valence-electron chi connectivity index (χ1n) is 14.1. The second kappa shape index (κ2) is 13.2. The van der Waals surface area contributed by atoms with Crippen molar-refractivity contribution in [3.05, 3.63) is 66.0 Å². The molecule has 3 aromatic heterocycles. The number of aliphatic hydroxyl groups excluding tert-OH is 1. The van der Waals surface area contributed by atoms with Crippen LogP contribution in [0.3, 0.4) is 0 Å². The third-order valence-electron chi connectivity index (χ3n) is 7.49. The number of thiophene rings is 1. The molecule has 1 aromatic carbocycles. The van der Waals surface area contributed by atoms with Crippen LogP contribution < -0.4 is 10.6 Å². The minimum atomic E-state index is -0.272. The maximum Gasteiger partial charge on any atom is 0.268 e. The summed E-state index contributed by atoms with van der Waals surface area (Å²) in [6.45, 7) is 7.68. The molecule has 1 fully saturated rings. The molecule has 5 rings (SSSR count). The third-order valence-corrected chi connectivity index (χ3v) is 8.59. The average molecular weight is 577 g/mol. The average Bonchev–Trinajstić information content (AvgIpc) is 3.80. The van der Waals surface area contributed by atoms with Gasteiger partial charge in [-0.25, -0.2) is 9.97 Å². The van der Waals surface area contributed by atoms with E-state index in [0.29, 0.717) is 36.2 Å². The fraction of sp³-hybridized carbons (Fsp3) is 0.400. The minimum absolute atomic E-state index is 0.0291. The van der Waals surface area contributed by atoms with Gasteiger partial charge in [-0.1, -0.05) is 32.4 Å². The molecule has 11 heteroatoms. The lowest BCUT2D eigenvalue weighted by molar-refractivity contribution is -0.126. The molecule has 0 bridgehead atoms. The number of hydrogen-bond acceptors (Lipinski definition) is 8. The number of nitrogens with zero attached hydrogens (tertiary/aromatic N) is 4. The number of unbranched alkanes of at least 4 members (excludes halogenated alkanes) is 1. The van der Waals surface area contributed by atoms with Crippen LogP contribution in [-0.4, -0.2) is 61.6 Å². The van der Waals surface area contributed by atoms with Crippen molar-refractivity contribution in [2.45, 2.75) is 64.2 Å². The molecule has 10 nitrogen and oxygen atoms in total. The van der Waals surface area contributed by atoms with Gasteiger partial charge in [0.05, 0.1) is 39.6 Å². The summed E-state index contributed by atoms with van der Waals surface area (Å²) in [6, 6.07) is 9.66. The second-order valence-electron chi connectivity index (χ2n) is 10.3. The SMILES string of the molecule is C=CC(=O)N1CCC[C@@H]1Cn1c(NC(=O)c2ccc(-c3cnco3)s2)nc2cc(CN[C@H](CO)CCCC)ccc21. The van der Waals surface area contributed by atoms with E-state index in [0.717, 1.165) is 53.6 Å². The molecule has 2 atom stereocenters. The van der Waals surface area contributed by atoms with Gasteiger partial charge in [-0.3, -0.25) is 14.9 Å². The maximum absolute atomic E-state index is 13.3. The zero-order valence-electron chi connectivity index (χ0n) is 23.2. The van der Waals surface area contributed by atoms with Crippen LogP contribution in [0.1, 0.15) is 54.3 Å².